The van der Waals surface area contributed by atoms with Crippen molar-refractivity contribution in [2.45, 2.75) is 85.4 Å². The van der Waals surface area contributed by atoms with Gasteiger partial charge in [-0.1, -0.05) is 13.8 Å². The maximum Gasteiger partial charge on any atom is 0.308 e. The number of carboxylic acids is 1. The fraction of sp³-hybridized carbons (Fsp3) is 0.938. The fourth-order valence-electron chi connectivity index (χ4n) is 3.51. The molecular formula is C16H31NO2. The second kappa shape index (κ2) is 5.43. The molecule has 112 valence electrons. The molecule has 2 rings (SSSR count). The maximum absolute atomic E-state index is 10.0. The largest absolute Gasteiger partial charge is 0.481 e. The van der Waals surface area contributed by atoms with Gasteiger partial charge < -0.3 is 5.11 Å². The lowest BCUT2D eigenvalue weighted by Crippen LogP contribution is -2.28. The van der Waals surface area contributed by atoms with Crippen molar-refractivity contribution in [2.75, 3.05) is 0 Å². The summed E-state index contributed by atoms with van der Waals surface area (Å²) in [5.74, 6) is 0.0971. The Bertz CT molecular complexity index is 330. The van der Waals surface area contributed by atoms with Crippen LogP contribution in [0.15, 0.2) is 0 Å². The average Bonchev–Trinajstić information content (AvgIpc) is 2.70. The average molecular weight is 269 g/mol. The predicted molar refractivity (Wildman–Crippen MR) is 79.3 cm³/mol. The first-order valence-corrected chi connectivity index (χ1v) is 7.57. The molecule has 3 atom stereocenters. The molecule has 0 radical (unpaired) electrons. The maximum atomic E-state index is 10.0. The van der Waals surface area contributed by atoms with E-state index in [-0.39, 0.29) is 0 Å². The van der Waals surface area contributed by atoms with Gasteiger partial charge in [0.15, 0.2) is 0 Å². The first kappa shape index (κ1) is 16.5. The molecule has 0 aromatic heterocycles. The molecule has 0 spiro atoms. The van der Waals surface area contributed by atoms with E-state index < -0.39 is 11.4 Å². The minimum absolute atomic E-state index is 0.583. The highest BCUT2D eigenvalue weighted by Crippen LogP contribution is 2.58. The second-order valence-electron chi connectivity index (χ2n) is 7.61. The molecule has 0 amide bonds. The topological polar surface area (TPSA) is 40.3 Å². The summed E-state index contributed by atoms with van der Waals surface area (Å²) in [7, 11) is 0. The molecule has 3 unspecified atom stereocenters. The van der Waals surface area contributed by atoms with Gasteiger partial charge in [0.1, 0.15) is 0 Å². The molecule has 1 aliphatic carbocycles. The summed E-state index contributed by atoms with van der Waals surface area (Å²) in [6.07, 6.45) is 4.37. The van der Waals surface area contributed by atoms with Gasteiger partial charge in [-0.05, 0) is 59.8 Å². The quantitative estimate of drug-likeness (QED) is 0.776. The SMILES string of the molecule is CC(C)(C)C(=O)O.CC(C)N1C2CCCC21C(C)C. The Balaban J connectivity index is 0.000000224. The number of hydrogen-bond donors (Lipinski definition) is 1. The number of nitrogens with zero attached hydrogens (tertiary/aromatic N) is 1. The van der Waals surface area contributed by atoms with Crippen molar-refractivity contribution < 1.29 is 9.90 Å². The third-order valence-electron chi connectivity index (χ3n) is 4.58. The van der Waals surface area contributed by atoms with Crippen molar-refractivity contribution >= 4 is 5.97 Å². The van der Waals surface area contributed by atoms with Crippen LogP contribution >= 0.6 is 0 Å². The van der Waals surface area contributed by atoms with E-state index in [1.807, 2.05) is 0 Å². The standard InChI is InChI=1S/C11H21N.C5H10O2/c1-8(2)11-7-5-6-10(11)12(11)9(3)4;1-5(2,3)4(6)7/h8-10H,5-7H2,1-4H3;1-3H3,(H,6,7). The molecule has 1 saturated carbocycles. The summed E-state index contributed by atoms with van der Waals surface area (Å²) < 4.78 is 0. The zero-order valence-electron chi connectivity index (χ0n) is 13.7. The van der Waals surface area contributed by atoms with Gasteiger partial charge in [-0.25, -0.2) is 0 Å². The van der Waals surface area contributed by atoms with E-state index in [0.717, 1.165) is 18.0 Å². The molecule has 19 heavy (non-hydrogen) atoms. The number of aliphatic carboxylic acids is 1. The molecular weight excluding hydrogens is 238 g/mol. The Morgan fingerprint density at radius 1 is 1.26 bits per heavy atom. The Morgan fingerprint density at radius 3 is 1.95 bits per heavy atom. The lowest BCUT2D eigenvalue weighted by Gasteiger charge is -2.22. The van der Waals surface area contributed by atoms with Gasteiger partial charge in [0.25, 0.3) is 0 Å². The number of likely N-dealkylation sites (tertiary alicyclic amines) is 1. The van der Waals surface area contributed by atoms with Crippen LogP contribution in [0, 0.1) is 11.3 Å². The number of hydrogen-bond acceptors (Lipinski definition) is 2. The molecule has 2 fully saturated rings. The van der Waals surface area contributed by atoms with Gasteiger partial charge in [0, 0.05) is 17.6 Å². The van der Waals surface area contributed by atoms with Gasteiger partial charge in [-0.3, -0.25) is 9.69 Å². The number of piperidine rings is 1. The summed E-state index contributed by atoms with van der Waals surface area (Å²) in [6.45, 7) is 14.4. The van der Waals surface area contributed by atoms with Crippen molar-refractivity contribution in [3.63, 3.8) is 0 Å². The molecule has 3 nitrogen and oxygen atoms in total. The molecule has 1 N–H and O–H groups in total. The Labute approximate surface area is 118 Å². The highest BCUT2D eigenvalue weighted by Gasteiger charge is 2.66. The highest BCUT2D eigenvalue weighted by molar-refractivity contribution is 5.72. The fourth-order valence-corrected chi connectivity index (χ4v) is 3.51. The summed E-state index contributed by atoms with van der Waals surface area (Å²) in [5.41, 5.74) is 0.0498. The van der Waals surface area contributed by atoms with Crippen LogP contribution in [0.25, 0.3) is 0 Å². The van der Waals surface area contributed by atoms with Crippen LogP contribution in [0.1, 0.15) is 67.7 Å². The molecule has 1 heterocycles. The first-order chi connectivity index (χ1) is 8.55. The lowest BCUT2D eigenvalue weighted by molar-refractivity contribution is -0.145. The van der Waals surface area contributed by atoms with Crippen LogP contribution in [-0.4, -0.2) is 33.6 Å². The summed E-state index contributed by atoms with van der Waals surface area (Å²) >= 11 is 0. The zero-order valence-corrected chi connectivity index (χ0v) is 13.7. The molecule has 0 aromatic carbocycles. The minimum Gasteiger partial charge on any atom is -0.481 e. The van der Waals surface area contributed by atoms with Crippen molar-refractivity contribution in [3.05, 3.63) is 0 Å². The number of rotatable bonds is 2. The van der Waals surface area contributed by atoms with E-state index in [1.165, 1.54) is 19.3 Å². The van der Waals surface area contributed by atoms with Crippen molar-refractivity contribution in [1.82, 2.24) is 4.90 Å². The lowest BCUT2D eigenvalue weighted by atomic mass is 9.92. The normalized spacial score (nSPS) is 32.9. The second-order valence-corrected chi connectivity index (χ2v) is 7.61. The number of carbonyl (C=O) groups is 1. The molecule has 1 aliphatic heterocycles. The first-order valence-electron chi connectivity index (χ1n) is 7.57. The van der Waals surface area contributed by atoms with Crippen LogP contribution in [0.5, 0.6) is 0 Å². The van der Waals surface area contributed by atoms with E-state index in [9.17, 15) is 4.79 Å². The van der Waals surface area contributed by atoms with Crippen LogP contribution in [0.4, 0.5) is 0 Å². The van der Waals surface area contributed by atoms with Crippen molar-refractivity contribution in [2.24, 2.45) is 11.3 Å². The molecule has 1 saturated heterocycles. The smallest absolute Gasteiger partial charge is 0.308 e. The molecule has 3 heteroatoms. The van der Waals surface area contributed by atoms with Gasteiger partial charge in [0.2, 0.25) is 0 Å². The summed E-state index contributed by atoms with van der Waals surface area (Å²) in [5, 5.41) is 8.25. The predicted octanol–water partition coefficient (Wildman–Crippen LogP) is 3.77. The highest BCUT2D eigenvalue weighted by atomic mass is 16.4. The van der Waals surface area contributed by atoms with E-state index >= 15 is 0 Å². The van der Waals surface area contributed by atoms with Crippen LogP contribution in [0.2, 0.25) is 0 Å². The third-order valence-corrected chi connectivity index (χ3v) is 4.58. The molecule has 0 bridgehead atoms. The van der Waals surface area contributed by atoms with Gasteiger partial charge >= 0.3 is 5.97 Å². The monoisotopic (exact) mass is 269 g/mol. The molecule has 2 aliphatic rings. The van der Waals surface area contributed by atoms with Crippen LogP contribution in [-0.2, 0) is 4.79 Å². The van der Waals surface area contributed by atoms with E-state index in [4.69, 9.17) is 5.11 Å². The van der Waals surface area contributed by atoms with Crippen molar-refractivity contribution in [3.8, 4) is 0 Å². The van der Waals surface area contributed by atoms with Crippen LogP contribution < -0.4 is 0 Å². The number of fused-ring (bicyclic) bond motifs is 1. The zero-order chi connectivity index (χ0) is 15.0. The van der Waals surface area contributed by atoms with E-state index in [1.54, 1.807) is 20.8 Å². The van der Waals surface area contributed by atoms with E-state index in [0.29, 0.717) is 5.54 Å². The summed E-state index contributed by atoms with van der Waals surface area (Å²) in [4.78, 5) is 12.8. The van der Waals surface area contributed by atoms with Crippen molar-refractivity contribution in [1.29, 1.82) is 0 Å². The number of carboxylic acid groups (broad SMARTS) is 1. The third kappa shape index (κ3) is 3.13. The van der Waals surface area contributed by atoms with Crippen LogP contribution in [0.3, 0.4) is 0 Å². The summed E-state index contributed by atoms with van der Waals surface area (Å²) in [6, 6.07) is 1.70. The Hall–Kier alpha value is -0.570. The van der Waals surface area contributed by atoms with Gasteiger partial charge in [0.05, 0.1) is 5.41 Å². The minimum atomic E-state index is -0.757. The van der Waals surface area contributed by atoms with Gasteiger partial charge in [-0.2, -0.15) is 0 Å². The molecule has 0 aromatic rings. The van der Waals surface area contributed by atoms with Gasteiger partial charge in [-0.15, -0.1) is 0 Å². The Kier molecular flexibility index (Phi) is 4.71. The Morgan fingerprint density at radius 2 is 1.74 bits per heavy atom. The van der Waals surface area contributed by atoms with E-state index in [2.05, 4.69) is 32.6 Å².